The maximum Gasteiger partial charge on any atom is 0.238 e. The molecule has 2 aromatic rings. The minimum atomic E-state index is -3.82. The lowest BCUT2D eigenvalue weighted by atomic mass is 10.1. The lowest BCUT2D eigenvalue weighted by Gasteiger charge is -2.26. The van der Waals surface area contributed by atoms with Crippen LogP contribution < -0.4 is 9.47 Å². The van der Waals surface area contributed by atoms with Gasteiger partial charge in [0.1, 0.15) is 12.4 Å². The highest BCUT2D eigenvalue weighted by molar-refractivity contribution is 7.92. The van der Waals surface area contributed by atoms with Gasteiger partial charge in [-0.25, -0.2) is 8.42 Å². The molecule has 1 atom stereocenters. The Labute approximate surface area is 199 Å². The van der Waals surface area contributed by atoms with E-state index in [-0.39, 0.29) is 17.5 Å². The van der Waals surface area contributed by atoms with Gasteiger partial charge >= 0.3 is 0 Å². The van der Waals surface area contributed by atoms with Crippen molar-refractivity contribution >= 4 is 27.3 Å². The third-order valence-corrected chi connectivity index (χ3v) is 7.11. The fourth-order valence-corrected chi connectivity index (χ4v) is 4.92. The molecule has 1 fully saturated rings. The van der Waals surface area contributed by atoms with E-state index in [9.17, 15) is 13.2 Å². The molecule has 1 saturated heterocycles. The predicted molar refractivity (Wildman–Crippen MR) is 127 cm³/mol. The summed E-state index contributed by atoms with van der Waals surface area (Å²) in [6, 6.07) is 11.2. The second kappa shape index (κ2) is 11.5. The Hall–Kier alpha value is -2.55. The zero-order chi connectivity index (χ0) is 23.8. The smallest absolute Gasteiger partial charge is 0.238 e. The predicted octanol–water partition coefficient (Wildman–Crippen LogP) is 3.89. The monoisotopic (exact) mass is 493 g/mol. The van der Waals surface area contributed by atoms with Gasteiger partial charge in [0.15, 0.2) is 21.3 Å². The van der Waals surface area contributed by atoms with Gasteiger partial charge in [-0.3, -0.25) is 4.79 Å². The lowest BCUT2D eigenvalue weighted by Crippen LogP contribution is -2.40. The molecular weight excluding hydrogens is 466 g/mol. The summed E-state index contributed by atoms with van der Waals surface area (Å²) < 4.78 is 42.3. The van der Waals surface area contributed by atoms with E-state index in [0.717, 1.165) is 18.4 Å². The van der Waals surface area contributed by atoms with Crippen molar-refractivity contribution in [2.24, 2.45) is 0 Å². The lowest BCUT2D eigenvalue weighted by molar-refractivity contribution is -0.130. The fraction of sp³-hybridized carbons (Fsp3) is 0.375. The third-order valence-electron chi connectivity index (χ3n) is 5.25. The zero-order valence-corrected chi connectivity index (χ0v) is 20.1. The maximum atomic E-state index is 13.2. The van der Waals surface area contributed by atoms with Crippen LogP contribution in [0.2, 0.25) is 5.02 Å². The molecule has 0 N–H and O–H groups in total. The first-order valence-corrected chi connectivity index (χ1v) is 12.6. The van der Waals surface area contributed by atoms with Crippen LogP contribution in [0.25, 0.3) is 0 Å². The van der Waals surface area contributed by atoms with Gasteiger partial charge in [0.2, 0.25) is 5.91 Å². The number of methoxy groups -OCH3 is 1. The van der Waals surface area contributed by atoms with Crippen LogP contribution in [0.1, 0.15) is 18.4 Å². The van der Waals surface area contributed by atoms with E-state index in [0.29, 0.717) is 36.3 Å². The van der Waals surface area contributed by atoms with Crippen LogP contribution in [0.15, 0.2) is 60.0 Å². The average Bonchev–Trinajstić information content (AvgIpc) is 3.30. The van der Waals surface area contributed by atoms with E-state index in [2.05, 4.69) is 6.58 Å². The van der Waals surface area contributed by atoms with Crippen molar-refractivity contribution < 1.29 is 27.4 Å². The Morgan fingerprint density at radius 2 is 2.00 bits per heavy atom. The van der Waals surface area contributed by atoms with Crippen LogP contribution in [0.4, 0.5) is 0 Å². The van der Waals surface area contributed by atoms with Gasteiger partial charge in [0, 0.05) is 24.7 Å². The molecule has 1 unspecified atom stereocenters. The molecule has 0 radical (unpaired) electrons. The van der Waals surface area contributed by atoms with Crippen LogP contribution in [-0.2, 0) is 25.9 Å². The number of hydrogen-bond donors (Lipinski definition) is 0. The Bertz CT molecular complexity index is 1060. The van der Waals surface area contributed by atoms with Crippen molar-refractivity contribution in [3.05, 3.63) is 65.7 Å². The minimum absolute atomic E-state index is 0.0581. The summed E-state index contributed by atoms with van der Waals surface area (Å²) in [6.45, 7) is 5.13. The van der Waals surface area contributed by atoms with E-state index in [1.807, 2.05) is 6.07 Å². The van der Waals surface area contributed by atoms with Gasteiger partial charge in [-0.05, 0) is 54.8 Å². The minimum Gasteiger partial charge on any atom is -0.493 e. The highest BCUT2D eigenvalue weighted by Gasteiger charge is 2.27. The molecule has 1 amide bonds. The molecular formula is C24H28ClNO6S. The number of nitrogens with zero attached hydrogens (tertiary/aromatic N) is 1. The zero-order valence-electron chi connectivity index (χ0n) is 18.5. The summed E-state index contributed by atoms with van der Waals surface area (Å²) >= 11 is 5.86. The molecule has 1 aliphatic rings. The Balaban J connectivity index is 1.80. The molecule has 0 bridgehead atoms. The van der Waals surface area contributed by atoms with E-state index in [1.165, 1.54) is 36.3 Å². The summed E-state index contributed by atoms with van der Waals surface area (Å²) in [5, 5.41) is 0.426. The van der Waals surface area contributed by atoms with Crippen molar-refractivity contribution in [3.8, 4) is 11.5 Å². The van der Waals surface area contributed by atoms with Gasteiger partial charge in [-0.1, -0.05) is 30.3 Å². The first kappa shape index (κ1) is 25.1. The normalized spacial score (nSPS) is 15.8. The van der Waals surface area contributed by atoms with Crippen LogP contribution in [0.5, 0.6) is 11.5 Å². The van der Waals surface area contributed by atoms with Crippen molar-refractivity contribution in [1.29, 1.82) is 0 Å². The average molecular weight is 494 g/mol. The summed E-state index contributed by atoms with van der Waals surface area (Å²) in [5.41, 5.74) is 0.785. The molecule has 178 valence electrons. The van der Waals surface area contributed by atoms with Gasteiger partial charge in [-0.2, -0.15) is 0 Å². The van der Waals surface area contributed by atoms with E-state index in [4.69, 9.17) is 25.8 Å². The van der Waals surface area contributed by atoms with Crippen molar-refractivity contribution in [2.45, 2.75) is 30.4 Å². The van der Waals surface area contributed by atoms with E-state index >= 15 is 0 Å². The first-order valence-electron chi connectivity index (χ1n) is 10.6. The molecule has 0 aromatic heterocycles. The highest BCUT2D eigenvalue weighted by atomic mass is 35.5. The topological polar surface area (TPSA) is 82.1 Å². The van der Waals surface area contributed by atoms with Crippen molar-refractivity contribution in [3.63, 3.8) is 0 Å². The van der Waals surface area contributed by atoms with Gasteiger partial charge in [0.05, 0.1) is 18.1 Å². The molecule has 0 saturated carbocycles. The van der Waals surface area contributed by atoms with Crippen LogP contribution in [-0.4, -0.2) is 58.0 Å². The number of hydrogen-bond acceptors (Lipinski definition) is 6. The Morgan fingerprint density at radius 1 is 1.24 bits per heavy atom. The molecule has 1 heterocycles. The maximum absolute atomic E-state index is 13.2. The summed E-state index contributed by atoms with van der Waals surface area (Å²) in [6.07, 6.45) is 3.25. The Morgan fingerprint density at radius 3 is 2.64 bits per heavy atom. The summed E-state index contributed by atoms with van der Waals surface area (Å²) in [5.74, 6) is -0.0542. The second-order valence-corrected chi connectivity index (χ2v) is 10.1. The third kappa shape index (κ3) is 6.96. The van der Waals surface area contributed by atoms with Crippen LogP contribution in [0, 0.1) is 0 Å². The molecule has 9 heteroatoms. The summed E-state index contributed by atoms with van der Waals surface area (Å²) in [4.78, 5) is 14.7. The molecule has 0 spiro atoms. The first-order chi connectivity index (χ1) is 15.8. The second-order valence-electron chi connectivity index (χ2n) is 7.71. The van der Waals surface area contributed by atoms with Gasteiger partial charge in [0.25, 0.3) is 0 Å². The molecule has 0 aliphatic carbocycles. The van der Waals surface area contributed by atoms with Gasteiger partial charge in [-0.15, -0.1) is 0 Å². The number of halogens is 1. The number of ether oxygens (including phenoxy) is 3. The number of rotatable bonds is 11. The Kier molecular flexibility index (Phi) is 8.77. The number of carbonyl (C=O) groups excluding carboxylic acids is 1. The fourth-order valence-electron chi connectivity index (χ4n) is 3.57. The van der Waals surface area contributed by atoms with Crippen LogP contribution in [0.3, 0.4) is 0 Å². The van der Waals surface area contributed by atoms with Crippen molar-refractivity contribution in [1.82, 2.24) is 4.90 Å². The molecule has 7 nitrogen and oxygen atoms in total. The molecule has 1 aliphatic heterocycles. The highest BCUT2D eigenvalue weighted by Crippen LogP contribution is 2.29. The number of benzene rings is 2. The van der Waals surface area contributed by atoms with E-state index < -0.39 is 21.5 Å². The largest absolute Gasteiger partial charge is 0.493 e. The molecule has 3 rings (SSSR count). The van der Waals surface area contributed by atoms with E-state index in [1.54, 1.807) is 18.2 Å². The standard InChI is InChI=1S/C24H28ClNO6S/c1-3-12-32-22-11-6-18(14-23(22)30-2)15-26(16-20-5-4-13-31-20)24(27)17-33(28,29)21-9-7-19(25)8-10-21/h3,6-11,14,20H,1,4-5,12-13,15-17H2,2H3. The summed E-state index contributed by atoms with van der Waals surface area (Å²) in [7, 11) is -2.29. The van der Waals surface area contributed by atoms with Crippen molar-refractivity contribution in [2.75, 3.05) is 32.6 Å². The van der Waals surface area contributed by atoms with Gasteiger partial charge < -0.3 is 19.1 Å². The number of carbonyl (C=O) groups is 1. The number of sulfone groups is 1. The quantitative estimate of drug-likeness (QED) is 0.442. The number of amides is 1. The molecule has 33 heavy (non-hydrogen) atoms. The van der Waals surface area contributed by atoms with Crippen LogP contribution >= 0.6 is 11.6 Å². The SMILES string of the molecule is C=CCOc1ccc(CN(CC2CCCO2)C(=O)CS(=O)(=O)c2ccc(Cl)cc2)cc1OC. The molecule has 2 aromatic carbocycles.